The number of allylic oxidation sites excluding steroid dienone is 1. The highest BCUT2D eigenvalue weighted by Crippen LogP contribution is 2.24. The van der Waals surface area contributed by atoms with Gasteiger partial charge in [-0.25, -0.2) is 9.78 Å². The summed E-state index contributed by atoms with van der Waals surface area (Å²) < 4.78 is 2.04. The average molecular weight is 358 g/mol. The smallest absolute Gasteiger partial charge is 0.345 e. The molecule has 0 bridgehead atoms. The van der Waals surface area contributed by atoms with Crippen molar-refractivity contribution in [1.82, 2.24) is 9.55 Å². The number of hydrogen-bond donors (Lipinski definition) is 1. The summed E-state index contributed by atoms with van der Waals surface area (Å²) in [6.07, 6.45) is 5.00. The van der Waals surface area contributed by atoms with E-state index >= 15 is 0 Å². The van der Waals surface area contributed by atoms with Crippen LogP contribution in [0.25, 0.3) is 11.2 Å². The van der Waals surface area contributed by atoms with Crippen LogP contribution in [-0.4, -0.2) is 26.4 Å². The van der Waals surface area contributed by atoms with Crippen LogP contribution in [0.4, 0.5) is 0 Å². The second-order valence-corrected chi connectivity index (χ2v) is 7.10. The van der Waals surface area contributed by atoms with Crippen molar-refractivity contribution in [2.45, 2.75) is 13.8 Å². The number of aromatic carboxylic acids is 1. The van der Waals surface area contributed by atoms with E-state index in [0.717, 1.165) is 33.4 Å². The molecule has 0 atom stereocenters. The van der Waals surface area contributed by atoms with E-state index in [9.17, 15) is 9.59 Å². The van der Waals surface area contributed by atoms with Gasteiger partial charge in [-0.1, -0.05) is 0 Å². The highest BCUT2D eigenvalue weighted by molar-refractivity contribution is 7.16. The number of rotatable bonds is 5. The van der Waals surface area contributed by atoms with Crippen LogP contribution in [0.5, 0.6) is 0 Å². The molecule has 5 nitrogen and oxygen atoms in total. The molecular weight excluding hydrogens is 344 g/mol. The van der Waals surface area contributed by atoms with E-state index in [-0.39, 0.29) is 10.7 Å². The van der Waals surface area contributed by atoms with Crippen molar-refractivity contribution in [2.75, 3.05) is 0 Å². The van der Waals surface area contributed by atoms with Gasteiger partial charge in [0.2, 0.25) is 0 Å². The van der Waals surface area contributed by atoms with Crippen molar-refractivity contribution in [1.29, 1.82) is 0 Å². The van der Waals surface area contributed by atoms with Crippen LogP contribution in [0.3, 0.4) is 0 Å². The van der Waals surface area contributed by atoms with E-state index in [4.69, 9.17) is 5.11 Å². The number of aromatic nitrogens is 2. The minimum Gasteiger partial charge on any atom is -0.477 e. The van der Waals surface area contributed by atoms with Gasteiger partial charge in [-0.3, -0.25) is 9.36 Å². The van der Waals surface area contributed by atoms with E-state index in [1.165, 1.54) is 12.1 Å². The predicted molar refractivity (Wildman–Crippen MR) is 95.6 cm³/mol. The fraction of sp³-hybridized carbons (Fsp3) is 0.118. The quantitative estimate of drug-likeness (QED) is 0.548. The lowest BCUT2D eigenvalue weighted by molar-refractivity contribution is 0.0702. The van der Waals surface area contributed by atoms with Crippen molar-refractivity contribution >= 4 is 40.5 Å². The van der Waals surface area contributed by atoms with Crippen LogP contribution in [0, 0.1) is 13.8 Å². The molecule has 0 unspecified atom stereocenters. The Balaban J connectivity index is 1.85. The summed E-state index contributed by atoms with van der Waals surface area (Å²) in [5, 5.41) is 11.7. The van der Waals surface area contributed by atoms with Gasteiger partial charge in [-0.2, -0.15) is 0 Å². The van der Waals surface area contributed by atoms with Gasteiger partial charge in [0.15, 0.2) is 10.9 Å². The third-order valence-corrected chi connectivity index (χ3v) is 5.40. The standard InChI is InChI=1S/C17H14N2O3S2/c1-10-9-12(11(2)19(10)17-18-7-8-23-17)3-4-13(20)14-5-6-15(24-14)16(21)22/h3-9H,1-2H3,(H,21,22)/b4-3+. The lowest BCUT2D eigenvalue weighted by Gasteiger charge is -2.04. The van der Waals surface area contributed by atoms with E-state index < -0.39 is 5.97 Å². The first-order chi connectivity index (χ1) is 11.5. The Labute approximate surface area is 146 Å². The monoisotopic (exact) mass is 358 g/mol. The minimum atomic E-state index is -1.02. The van der Waals surface area contributed by atoms with Crippen LogP contribution in [0.1, 0.15) is 36.3 Å². The van der Waals surface area contributed by atoms with Crippen molar-refractivity contribution in [3.05, 3.63) is 62.6 Å². The maximum Gasteiger partial charge on any atom is 0.345 e. The largest absolute Gasteiger partial charge is 0.477 e. The zero-order chi connectivity index (χ0) is 17.3. The van der Waals surface area contributed by atoms with Gasteiger partial charge in [0.25, 0.3) is 0 Å². The molecule has 3 rings (SSSR count). The summed E-state index contributed by atoms with van der Waals surface area (Å²) in [5.41, 5.74) is 2.98. The van der Waals surface area contributed by atoms with E-state index in [0.29, 0.717) is 4.88 Å². The highest BCUT2D eigenvalue weighted by atomic mass is 32.1. The first-order valence-corrected chi connectivity index (χ1v) is 8.81. The number of ketones is 1. The molecule has 0 aliphatic carbocycles. The number of thiophene rings is 1. The SMILES string of the molecule is Cc1cc(/C=C/C(=O)c2ccc(C(=O)O)s2)c(C)n1-c1nccs1. The molecule has 0 aliphatic heterocycles. The summed E-state index contributed by atoms with van der Waals surface area (Å²) in [5.74, 6) is -1.22. The van der Waals surface area contributed by atoms with Gasteiger partial charge < -0.3 is 5.11 Å². The van der Waals surface area contributed by atoms with Crippen LogP contribution < -0.4 is 0 Å². The summed E-state index contributed by atoms with van der Waals surface area (Å²) in [6.45, 7) is 3.97. The van der Waals surface area contributed by atoms with Gasteiger partial charge in [-0.05, 0) is 49.8 Å². The molecule has 0 saturated carbocycles. The number of carboxylic acids is 1. The molecule has 0 aliphatic rings. The Morgan fingerprint density at radius 1 is 1.25 bits per heavy atom. The topological polar surface area (TPSA) is 72.2 Å². The van der Waals surface area contributed by atoms with Gasteiger partial charge in [-0.15, -0.1) is 22.7 Å². The van der Waals surface area contributed by atoms with Gasteiger partial charge >= 0.3 is 5.97 Å². The van der Waals surface area contributed by atoms with Crippen molar-refractivity contribution in [3.8, 4) is 5.13 Å². The van der Waals surface area contributed by atoms with Crippen molar-refractivity contribution in [3.63, 3.8) is 0 Å². The lowest BCUT2D eigenvalue weighted by atomic mass is 10.2. The molecule has 0 radical (unpaired) electrons. The molecule has 3 heterocycles. The molecular formula is C17H14N2O3S2. The average Bonchev–Trinajstić information content (AvgIpc) is 3.25. The molecule has 0 saturated heterocycles. The van der Waals surface area contributed by atoms with Crippen LogP contribution in [-0.2, 0) is 0 Å². The molecule has 24 heavy (non-hydrogen) atoms. The first-order valence-electron chi connectivity index (χ1n) is 7.11. The molecule has 0 fully saturated rings. The zero-order valence-electron chi connectivity index (χ0n) is 13.0. The van der Waals surface area contributed by atoms with Crippen LogP contribution in [0.15, 0.2) is 35.9 Å². The number of hydrogen-bond acceptors (Lipinski definition) is 5. The Bertz CT molecular complexity index is 933. The maximum atomic E-state index is 12.2. The summed E-state index contributed by atoms with van der Waals surface area (Å²) in [4.78, 5) is 28.0. The Hall–Kier alpha value is -2.51. The molecule has 0 aromatic carbocycles. The number of carbonyl (C=O) groups excluding carboxylic acids is 1. The lowest BCUT2D eigenvalue weighted by Crippen LogP contribution is -1.98. The van der Waals surface area contributed by atoms with E-state index in [1.807, 2.05) is 29.9 Å². The van der Waals surface area contributed by atoms with Gasteiger partial charge in [0.05, 0.1) is 4.88 Å². The molecule has 3 aromatic heterocycles. The zero-order valence-corrected chi connectivity index (χ0v) is 14.6. The fourth-order valence-corrected chi connectivity index (χ4v) is 3.93. The summed E-state index contributed by atoms with van der Waals surface area (Å²) in [7, 11) is 0. The number of carboxylic acid groups (broad SMARTS) is 1. The Morgan fingerprint density at radius 2 is 2.00 bits per heavy atom. The minimum absolute atomic E-state index is 0.161. The third kappa shape index (κ3) is 3.08. The van der Waals surface area contributed by atoms with Crippen molar-refractivity contribution in [2.24, 2.45) is 0 Å². The predicted octanol–water partition coefficient (Wildman–Crippen LogP) is 4.21. The Kier molecular flexibility index (Phi) is 4.46. The second-order valence-electron chi connectivity index (χ2n) is 5.14. The molecule has 1 N–H and O–H groups in total. The highest BCUT2D eigenvalue weighted by Gasteiger charge is 2.13. The molecule has 3 aromatic rings. The first kappa shape index (κ1) is 16.4. The fourth-order valence-electron chi connectivity index (χ4n) is 2.41. The number of nitrogens with zero attached hydrogens (tertiary/aromatic N) is 2. The Morgan fingerprint density at radius 3 is 2.62 bits per heavy atom. The summed E-state index contributed by atoms with van der Waals surface area (Å²) >= 11 is 2.53. The number of carbonyl (C=O) groups is 2. The molecule has 122 valence electrons. The van der Waals surface area contributed by atoms with Crippen LogP contribution >= 0.6 is 22.7 Å². The molecule has 0 spiro atoms. The summed E-state index contributed by atoms with van der Waals surface area (Å²) in [6, 6.07) is 4.99. The van der Waals surface area contributed by atoms with Gasteiger partial charge in [0, 0.05) is 23.0 Å². The second kappa shape index (κ2) is 6.54. The number of aryl methyl sites for hydroxylation is 1. The van der Waals surface area contributed by atoms with Crippen LogP contribution in [0.2, 0.25) is 0 Å². The van der Waals surface area contributed by atoms with E-state index in [1.54, 1.807) is 29.7 Å². The molecule has 7 heteroatoms. The molecule has 0 amide bonds. The van der Waals surface area contributed by atoms with Gasteiger partial charge in [0.1, 0.15) is 4.88 Å². The van der Waals surface area contributed by atoms with E-state index in [2.05, 4.69) is 4.98 Å². The maximum absolute atomic E-state index is 12.2. The van der Waals surface area contributed by atoms with Crippen molar-refractivity contribution < 1.29 is 14.7 Å². The normalized spacial score (nSPS) is 11.2. The third-order valence-electron chi connectivity index (χ3n) is 3.55. The number of thiazole rings is 1.